The van der Waals surface area contributed by atoms with Crippen LogP contribution < -0.4 is 11.5 Å². The van der Waals surface area contributed by atoms with E-state index in [-0.39, 0.29) is 17.6 Å². The van der Waals surface area contributed by atoms with Gasteiger partial charge in [-0.05, 0) is 30.4 Å². The molecule has 0 aliphatic carbocycles. The number of hydrogen-bond donors (Lipinski definition) is 2. The van der Waals surface area contributed by atoms with Gasteiger partial charge in [-0.3, -0.25) is 0 Å². The van der Waals surface area contributed by atoms with Gasteiger partial charge in [0.2, 0.25) is 0 Å². The Hall–Kier alpha value is -1.13. The Morgan fingerprint density at radius 1 is 1.39 bits per heavy atom. The van der Waals surface area contributed by atoms with Crippen molar-refractivity contribution in [3.63, 3.8) is 0 Å². The van der Waals surface area contributed by atoms with E-state index in [2.05, 4.69) is 25.8 Å². The zero-order chi connectivity index (χ0) is 13.8. The molecule has 1 rings (SSSR count). The fourth-order valence-electron chi connectivity index (χ4n) is 2.18. The van der Waals surface area contributed by atoms with E-state index >= 15 is 0 Å². The van der Waals surface area contributed by atoms with Crippen LogP contribution in [0.5, 0.6) is 0 Å². The zero-order valence-corrected chi connectivity index (χ0v) is 11.8. The van der Waals surface area contributed by atoms with Crippen LogP contribution in [0.3, 0.4) is 0 Å². The van der Waals surface area contributed by atoms with E-state index in [1.807, 2.05) is 19.1 Å². The van der Waals surface area contributed by atoms with Crippen molar-refractivity contribution in [1.29, 1.82) is 0 Å². The van der Waals surface area contributed by atoms with Gasteiger partial charge in [0.15, 0.2) is 0 Å². The Morgan fingerprint density at radius 2 is 2.06 bits per heavy atom. The number of hydrogen-bond acceptors (Lipinski definition) is 4. The first-order chi connectivity index (χ1) is 8.36. The summed E-state index contributed by atoms with van der Waals surface area (Å²) in [5, 5.41) is 0. The van der Waals surface area contributed by atoms with Crippen LogP contribution in [0, 0.1) is 5.41 Å². The number of nitrogens with zero attached hydrogens (tertiary/aromatic N) is 1. The predicted molar refractivity (Wildman–Crippen MR) is 75.2 cm³/mol. The number of aromatic nitrogens is 1. The maximum Gasteiger partial charge on any atom is 0.126 e. The normalized spacial score (nSPS) is 15.4. The lowest BCUT2D eigenvalue weighted by atomic mass is 9.83. The Kier molecular flexibility index (Phi) is 5.11. The molecule has 0 amide bonds. The molecule has 0 saturated heterocycles. The second kappa shape index (κ2) is 6.16. The second-order valence-corrected chi connectivity index (χ2v) is 5.66. The summed E-state index contributed by atoms with van der Waals surface area (Å²) in [6.45, 7) is 9.07. The van der Waals surface area contributed by atoms with Gasteiger partial charge >= 0.3 is 0 Å². The van der Waals surface area contributed by atoms with E-state index in [0.29, 0.717) is 18.8 Å². The third-order valence-corrected chi connectivity index (χ3v) is 2.97. The van der Waals surface area contributed by atoms with Crippen molar-refractivity contribution in [2.24, 2.45) is 11.1 Å². The molecule has 0 saturated carbocycles. The van der Waals surface area contributed by atoms with E-state index in [9.17, 15) is 0 Å². The molecule has 1 aromatic heterocycles. The summed E-state index contributed by atoms with van der Waals surface area (Å²) in [7, 11) is 0. The van der Waals surface area contributed by atoms with Crippen molar-refractivity contribution in [3.05, 3.63) is 23.9 Å². The van der Waals surface area contributed by atoms with E-state index in [1.165, 1.54) is 0 Å². The van der Waals surface area contributed by atoms with Gasteiger partial charge < -0.3 is 16.2 Å². The maximum atomic E-state index is 6.28. The Labute approximate surface area is 110 Å². The summed E-state index contributed by atoms with van der Waals surface area (Å²) in [5.41, 5.74) is 13.1. The maximum absolute atomic E-state index is 6.28. The van der Waals surface area contributed by atoms with Gasteiger partial charge in [-0.25, -0.2) is 4.98 Å². The fourth-order valence-corrected chi connectivity index (χ4v) is 2.18. The molecule has 2 atom stereocenters. The number of pyridine rings is 1. The predicted octanol–water partition coefficient (Wildman–Crippen LogP) is 1.98. The first-order valence-electron chi connectivity index (χ1n) is 6.42. The van der Waals surface area contributed by atoms with Crippen molar-refractivity contribution in [2.45, 2.75) is 46.3 Å². The fraction of sp³-hybridized carbons (Fsp3) is 0.643. The summed E-state index contributed by atoms with van der Waals surface area (Å²) in [5.74, 6) is 0.553. The highest BCUT2D eigenvalue weighted by Gasteiger charge is 2.31. The van der Waals surface area contributed by atoms with Crippen molar-refractivity contribution >= 4 is 5.82 Å². The van der Waals surface area contributed by atoms with E-state index < -0.39 is 0 Å². The van der Waals surface area contributed by atoms with Crippen LogP contribution in [0.4, 0.5) is 5.82 Å². The Balaban J connectivity index is 2.79. The zero-order valence-electron chi connectivity index (χ0n) is 11.8. The highest BCUT2D eigenvalue weighted by Crippen LogP contribution is 2.26. The van der Waals surface area contributed by atoms with Crippen LogP contribution in [-0.4, -0.2) is 23.7 Å². The smallest absolute Gasteiger partial charge is 0.126 e. The molecule has 4 nitrogen and oxygen atoms in total. The van der Waals surface area contributed by atoms with Crippen molar-refractivity contribution in [1.82, 2.24) is 4.98 Å². The van der Waals surface area contributed by atoms with Crippen molar-refractivity contribution in [3.8, 4) is 0 Å². The van der Waals surface area contributed by atoms with Gasteiger partial charge in [-0.2, -0.15) is 0 Å². The third-order valence-electron chi connectivity index (χ3n) is 2.97. The first-order valence-corrected chi connectivity index (χ1v) is 6.42. The number of nitrogens with two attached hydrogens (primary N) is 2. The Morgan fingerprint density at radius 3 is 2.56 bits per heavy atom. The topological polar surface area (TPSA) is 74.2 Å². The van der Waals surface area contributed by atoms with Gasteiger partial charge in [-0.1, -0.05) is 26.8 Å². The summed E-state index contributed by atoms with van der Waals surface area (Å²) < 4.78 is 5.79. The van der Waals surface area contributed by atoms with Crippen LogP contribution >= 0.6 is 0 Å². The average molecular weight is 251 g/mol. The molecule has 18 heavy (non-hydrogen) atoms. The number of anilines is 1. The Bertz CT molecular complexity index is 374. The first kappa shape index (κ1) is 14.9. The lowest BCUT2D eigenvalue weighted by molar-refractivity contribution is -0.0274. The average Bonchev–Trinajstić information content (AvgIpc) is 2.27. The minimum Gasteiger partial charge on any atom is -0.383 e. The van der Waals surface area contributed by atoms with Gasteiger partial charge in [0, 0.05) is 18.8 Å². The lowest BCUT2D eigenvalue weighted by Gasteiger charge is -2.35. The monoisotopic (exact) mass is 251 g/mol. The van der Waals surface area contributed by atoms with Gasteiger partial charge in [0.05, 0.1) is 6.10 Å². The highest BCUT2D eigenvalue weighted by molar-refractivity contribution is 5.39. The standard InChI is InChI=1S/C14H25N3O/c1-5-18-12(14(2,3)4)11(15)9-10-7-6-8-17-13(10)16/h6-8,11-12H,5,9,15H2,1-4H3,(H2,16,17). The molecule has 0 aromatic carbocycles. The van der Waals surface area contributed by atoms with Crippen LogP contribution in [-0.2, 0) is 11.2 Å². The molecule has 2 unspecified atom stereocenters. The molecular formula is C14H25N3O. The molecule has 102 valence electrons. The molecule has 0 fully saturated rings. The molecule has 1 heterocycles. The van der Waals surface area contributed by atoms with Crippen LogP contribution in [0.1, 0.15) is 33.3 Å². The van der Waals surface area contributed by atoms with E-state index in [1.54, 1.807) is 6.20 Å². The largest absolute Gasteiger partial charge is 0.383 e. The number of ether oxygens (including phenoxy) is 1. The summed E-state index contributed by atoms with van der Waals surface area (Å²) in [6, 6.07) is 3.76. The molecule has 0 spiro atoms. The minimum absolute atomic E-state index is 0.00195. The third kappa shape index (κ3) is 3.96. The van der Waals surface area contributed by atoms with Gasteiger partial charge in [0.25, 0.3) is 0 Å². The van der Waals surface area contributed by atoms with Crippen molar-refractivity contribution < 1.29 is 4.74 Å². The number of nitrogen functional groups attached to an aromatic ring is 1. The molecular weight excluding hydrogens is 226 g/mol. The van der Waals surface area contributed by atoms with Crippen LogP contribution in [0.25, 0.3) is 0 Å². The quantitative estimate of drug-likeness (QED) is 0.839. The molecule has 4 heteroatoms. The van der Waals surface area contributed by atoms with E-state index in [4.69, 9.17) is 16.2 Å². The summed E-state index contributed by atoms with van der Waals surface area (Å²) >= 11 is 0. The van der Waals surface area contributed by atoms with Gasteiger partial charge in [0.1, 0.15) is 5.82 Å². The minimum atomic E-state index is -0.0866. The van der Waals surface area contributed by atoms with Crippen LogP contribution in [0.2, 0.25) is 0 Å². The second-order valence-electron chi connectivity index (χ2n) is 5.66. The lowest BCUT2D eigenvalue weighted by Crippen LogP contribution is -2.46. The van der Waals surface area contributed by atoms with Crippen LogP contribution in [0.15, 0.2) is 18.3 Å². The van der Waals surface area contributed by atoms with Gasteiger partial charge in [-0.15, -0.1) is 0 Å². The number of rotatable bonds is 5. The summed E-state index contributed by atoms with van der Waals surface area (Å²) in [6.07, 6.45) is 2.37. The molecule has 4 N–H and O–H groups in total. The SMILES string of the molecule is CCOC(C(N)Cc1cccnc1N)C(C)(C)C. The van der Waals surface area contributed by atoms with E-state index in [0.717, 1.165) is 5.56 Å². The molecule has 1 aromatic rings. The molecule has 0 bridgehead atoms. The summed E-state index contributed by atoms with van der Waals surface area (Å²) in [4.78, 5) is 4.08. The highest BCUT2D eigenvalue weighted by atomic mass is 16.5. The van der Waals surface area contributed by atoms with Crippen molar-refractivity contribution in [2.75, 3.05) is 12.3 Å². The molecule has 0 radical (unpaired) electrons. The molecule has 0 aliphatic heterocycles. The molecule has 0 aliphatic rings.